The molecule has 0 aromatic heterocycles. The summed E-state index contributed by atoms with van der Waals surface area (Å²) < 4.78 is 0. The van der Waals surface area contributed by atoms with E-state index in [4.69, 9.17) is 0 Å². The Morgan fingerprint density at radius 2 is 0.718 bits per heavy atom. The molecule has 39 heavy (non-hydrogen) atoms. The van der Waals surface area contributed by atoms with E-state index in [-0.39, 0.29) is 0 Å². The van der Waals surface area contributed by atoms with Crippen molar-refractivity contribution in [3.63, 3.8) is 0 Å². The number of aldehydes is 3. The second kappa shape index (κ2) is 46.1. The zero-order valence-corrected chi connectivity index (χ0v) is 26.1. The first-order valence-corrected chi connectivity index (χ1v) is 16.4. The molecule has 0 aliphatic heterocycles. The maximum Gasteiger partial charge on any atom is 0.142 e. The molecule has 0 saturated carbocycles. The normalized spacial score (nSPS) is 10.2. The van der Waals surface area contributed by atoms with Gasteiger partial charge in [-0.3, -0.25) is 4.79 Å². The van der Waals surface area contributed by atoms with E-state index in [1.54, 1.807) is 6.08 Å². The highest BCUT2D eigenvalue weighted by molar-refractivity contribution is 5.64. The molecule has 0 fully saturated rings. The number of carbonyl (C=O) groups is 3. The van der Waals surface area contributed by atoms with Crippen LogP contribution in [0.3, 0.4) is 0 Å². The molecule has 0 unspecified atom stereocenters. The minimum atomic E-state index is 0.743. The van der Waals surface area contributed by atoms with E-state index in [0.717, 1.165) is 57.4 Å². The molecule has 0 amide bonds. The lowest BCUT2D eigenvalue weighted by molar-refractivity contribution is -0.108. The number of unbranched alkanes of at least 4 members (excludes halogenated alkanes) is 23. The third-order valence-corrected chi connectivity index (χ3v) is 6.65. The van der Waals surface area contributed by atoms with Gasteiger partial charge < -0.3 is 9.59 Å². The molecule has 0 aliphatic carbocycles. The van der Waals surface area contributed by atoms with Gasteiger partial charge in [0.15, 0.2) is 0 Å². The molecule has 0 aromatic rings. The lowest BCUT2D eigenvalue weighted by atomic mass is 10.1. The smallest absolute Gasteiger partial charge is 0.142 e. The molecule has 3 nitrogen and oxygen atoms in total. The van der Waals surface area contributed by atoms with Crippen LogP contribution in [0.2, 0.25) is 0 Å². The first kappa shape index (κ1) is 41.7. The van der Waals surface area contributed by atoms with Crippen LogP contribution < -0.4 is 0 Å². The summed E-state index contributed by atoms with van der Waals surface area (Å²) in [4.78, 5) is 29.9. The van der Waals surface area contributed by atoms with Gasteiger partial charge in [-0.2, -0.15) is 0 Å². The summed E-state index contributed by atoms with van der Waals surface area (Å²) in [6, 6.07) is 0. The van der Waals surface area contributed by atoms with Crippen molar-refractivity contribution in [1.29, 1.82) is 0 Å². The summed E-state index contributed by atoms with van der Waals surface area (Å²) in [6.07, 6.45) is 42.5. The van der Waals surface area contributed by atoms with Crippen molar-refractivity contribution >= 4 is 18.9 Å². The van der Waals surface area contributed by atoms with Crippen LogP contribution in [0.25, 0.3) is 0 Å². The van der Waals surface area contributed by atoms with Crippen molar-refractivity contribution in [1.82, 2.24) is 0 Å². The molecular weight excluding hydrogens is 480 g/mol. The van der Waals surface area contributed by atoms with Gasteiger partial charge in [0.25, 0.3) is 0 Å². The molecular formula is C36H66O3. The van der Waals surface area contributed by atoms with Gasteiger partial charge in [0.2, 0.25) is 0 Å². The molecule has 0 saturated heterocycles. The van der Waals surface area contributed by atoms with Gasteiger partial charge in [-0.1, -0.05) is 128 Å². The van der Waals surface area contributed by atoms with E-state index in [1.165, 1.54) is 128 Å². The summed E-state index contributed by atoms with van der Waals surface area (Å²) >= 11 is 0. The number of carbonyl (C=O) groups excluding carboxylic acids is 3. The van der Waals surface area contributed by atoms with Crippen molar-refractivity contribution in [3.8, 4) is 0 Å². The van der Waals surface area contributed by atoms with E-state index in [9.17, 15) is 14.4 Å². The standard InChI is InChI=1S/C14H26O.2C11H20O/c1-2-3-4-5-6-7-8-9-10-11-12-13-14-15;2*1-2-3-4-5-6-7-8-9-10-11-12/h2,14H,1,3-13H2;9-11H,2-8H2,1H3;2,11H,1,3-10H2. The monoisotopic (exact) mass is 547 g/mol. The van der Waals surface area contributed by atoms with Crippen LogP contribution in [0.15, 0.2) is 37.5 Å². The Morgan fingerprint density at radius 1 is 0.410 bits per heavy atom. The minimum absolute atomic E-state index is 0.743. The summed E-state index contributed by atoms with van der Waals surface area (Å²) in [7, 11) is 0. The molecule has 0 rings (SSSR count). The first-order valence-electron chi connectivity index (χ1n) is 16.4. The fraction of sp³-hybridized carbons (Fsp3) is 0.750. The van der Waals surface area contributed by atoms with Crippen LogP contribution in [0.1, 0.15) is 174 Å². The van der Waals surface area contributed by atoms with Gasteiger partial charge in [0.1, 0.15) is 18.9 Å². The quantitative estimate of drug-likeness (QED) is 0.0405. The van der Waals surface area contributed by atoms with Crippen LogP contribution >= 0.6 is 0 Å². The zero-order chi connectivity index (χ0) is 29.3. The SMILES string of the molecule is C=CCCCCCCCCC=O.C=CCCCCCCCCCCCC=O.CCCCCCCCC=CC=O. The molecule has 228 valence electrons. The van der Waals surface area contributed by atoms with Crippen LogP contribution in [-0.4, -0.2) is 18.9 Å². The summed E-state index contributed by atoms with van der Waals surface area (Å²) in [5, 5.41) is 0. The summed E-state index contributed by atoms with van der Waals surface area (Å²) in [6.45, 7) is 9.63. The van der Waals surface area contributed by atoms with Crippen molar-refractivity contribution in [2.45, 2.75) is 174 Å². The molecule has 0 bridgehead atoms. The van der Waals surface area contributed by atoms with Gasteiger partial charge >= 0.3 is 0 Å². The average Bonchev–Trinajstić information content (AvgIpc) is 2.95. The Labute approximate surface area is 244 Å². The van der Waals surface area contributed by atoms with Gasteiger partial charge in [-0.25, -0.2) is 0 Å². The zero-order valence-electron chi connectivity index (χ0n) is 26.1. The van der Waals surface area contributed by atoms with Crippen LogP contribution in [0.5, 0.6) is 0 Å². The van der Waals surface area contributed by atoms with Crippen molar-refractivity contribution in [2.24, 2.45) is 0 Å². The Hall–Kier alpha value is -1.77. The van der Waals surface area contributed by atoms with Crippen LogP contribution in [-0.2, 0) is 14.4 Å². The Bertz CT molecular complexity index is 479. The predicted octanol–water partition coefficient (Wildman–Crippen LogP) is 11.6. The van der Waals surface area contributed by atoms with Gasteiger partial charge in [0, 0.05) is 12.8 Å². The van der Waals surface area contributed by atoms with E-state index < -0.39 is 0 Å². The van der Waals surface area contributed by atoms with E-state index in [0.29, 0.717) is 0 Å². The Morgan fingerprint density at radius 3 is 1.03 bits per heavy atom. The maximum atomic E-state index is 10.1. The average molecular weight is 547 g/mol. The maximum absolute atomic E-state index is 10.1. The Kier molecular flexibility index (Phi) is 49.3. The van der Waals surface area contributed by atoms with Gasteiger partial charge in [-0.15, -0.1) is 13.2 Å². The number of hydrogen-bond donors (Lipinski definition) is 0. The molecule has 0 radical (unpaired) electrons. The second-order valence-corrected chi connectivity index (χ2v) is 10.5. The molecule has 0 heterocycles. The highest BCUT2D eigenvalue weighted by atomic mass is 16.1. The van der Waals surface area contributed by atoms with Gasteiger partial charge in [0.05, 0.1) is 0 Å². The van der Waals surface area contributed by atoms with E-state index in [2.05, 4.69) is 20.1 Å². The van der Waals surface area contributed by atoms with Crippen LogP contribution in [0, 0.1) is 0 Å². The number of hydrogen-bond acceptors (Lipinski definition) is 3. The number of allylic oxidation sites excluding steroid dienone is 4. The first-order chi connectivity index (χ1) is 19.2. The fourth-order valence-electron chi connectivity index (χ4n) is 4.17. The molecule has 0 spiro atoms. The Balaban J connectivity index is -0.000000503. The minimum Gasteiger partial charge on any atom is -0.303 e. The van der Waals surface area contributed by atoms with E-state index >= 15 is 0 Å². The van der Waals surface area contributed by atoms with Crippen molar-refractivity contribution in [3.05, 3.63) is 37.5 Å². The fourth-order valence-corrected chi connectivity index (χ4v) is 4.17. The van der Waals surface area contributed by atoms with Crippen molar-refractivity contribution in [2.75, 3.05) is 0 Å². The van der Waals surface area contributed by atoms with Crippen molar-refractivity contribution < 1.29 is 14.4 Å². The van der Waals surface area contributed by atoms with E-state index in [1.807, 2.05) is 18.2 Å². The molecule has 0 N–H and O–H groups in total. The topological polar surface area (TPSA) is 51.2 Å². The molecule has 0 aliphatic rings. The summed E-state index contributed by atoms with van der Waals surface area (Å²) in [5.74, 6) is 0. The lowest BCUT2D eigenvalue weighted by Crippen LogP contribution is -1.82. The number of rotatable bonds is 29. The van der Waals surface area contributed by atoms with Gasteiger partial charge in [-0.05, 0) is 57.4 Å². The largest absolute Gasteiger partial charge is 0.303 e. The summed E-state index contributed by atoms with van der Waals surface area (Å²) in [5.41, 5.74) is 0. The second-order valence-electron chi connectivity index (χ2n) is 10.5. The molecule has 0 atom stereocenters. The predicted molar refractivity (Wildman–Crippen MR) is 173 cm³/mol. The molecule has 0 aromatic carbocycles. The highest BCUT2D eigenvalue weighted by Crippen LogP contribution is 2.11. The van der Waals surface area contributed by atoms with Crippen LogP contribution in [0.4, 0.5) is 0 Å². The third kappa shape index (κ3) is 53.3. The third-order valence-electron chi connectivity index (χ3n) is 6.65. The molecule has 3 heteroatoms. The lowest BCUT2D eigenvalue weighted by Gasteiger charge is -2.00. The highest BCUT2D eigenvalue weighted by Gasteiger charge is 1.92.